The molecular weight excluding hydrogens is 267 g/mol. The smallest absolute Gasteiger partial charge is 0.203 e. The summed E-state index contributed by atoms with van der Waals surface area (Å²) in [6.07, 6.45) is -0.734. The number of benzene rings is 2. The van der Waals surface area contributed by atoms with Gasteiger partial charge in [0.15, 0.2) is 17.7 Å². The van der Waals surface area contributed by atoms with Crippen LogP contribution in [0.2, 0.25) is 0 Å². The van der Waals surface area contributed by atoms with E-state index in [0.29, 0.717) is 5.56 Å². The maximum absolute atomic E-state index is 13.7. The number of hydrogen-bond acceptors (Lipinski definition) is 2. The lowest BCUT2D eigenvalue weighted by Gasteiger charge is -2.16. The van der Waals surface area contributed by atoms with Gasteiger partial charge in [0, 0.05) is 5.56 Å². The number of carbonyl (C=O) groups is 1. The molecule has 2 aromatic rings. The predicted octanol–water partition coefficient (Wildman–Crippen LogP) is 4.40. The Kier molecular flexibility index (Phi) is 4.41. The summed E-state index contributed by atoms with van der Waals surface area (Å²) in [5.74, 6) is -0.487. The van der Waals surface area contributed by atoms with Gasteiger partial charge in [-0.05, 0) is 57.0 Å². The molecule has 0 spiro atoms. The molecule has 2 nitrogen and oxygen atoms in total. The van der Waals surface area contributed by atoms with Crippen molar-refractivity contribution in [1.82, 2.24) is 0 Å². The van der Waals surface area contributed by atoms with E-state index in [1.165, 1.54) is 6.07 Å². The fraction of sp³-hybridized carbons (Fsp3) is 0.278. The fourth-order valence-corrected chi connectivity index (χ4v) is 2.17. The highest BCUT2D eigenvalue weighted by molar-refractivity contribution is 6.00. The lowest BCUT2D eigenvalue weighted by molar-refractivity contribution is 0.0811. The zero-order valence-corrected chi connectivity index (χ0v) is 12.7. The molecular formula is C18H19FO2. The van der Waals surface area contributed by atoms with Crippen LogP contribution in [0.25, 0.3) is 0 Å². The van der Waals surface area contributed by atoms with E-state index in [0.717, 1.165) is 16.7 Å². The molecule has 110 valence electrons. The average Bonchev–Trinajstić information content (AvgIpc) is 2.44. The van der Waals surface area contributed by atoms with Crippen LogP contribution in [0.1, 0.15) is 34.0 Å². The van der Waals surface area contributed by atoms with Crippen molar-refractivity contribution in [2.75, 3.05) is 0 Å². The van der Waals surface area contributed by atoms with Crippen LogP contribution >= 0.6 is 0 Å². The average molecular weight is 286 g/mol. The van der Waals surface area contributed by atoms with Gasteiger partial charge in [0.2, 0.25) is 5.78 Å². The van der Waals surface area contributed by atoms with Gasteiger partial charge >= 0.3 is 0 Å². The van der Waals surface area contributed by atoms with Crippen molar-refractivity contribution in [3.8, 4) is 5.75 Å². The van der Waals surface area contributed by atoms with Gasteiger partial charge in [-0.3, -0.25) is 4.79 Å². The SMILES string of the molecule is Cc1ccc(F)c(OC(C)C(=O)c2cc(C)ccc2C)c1. The topological polar surface area (TPSA) is 26.3 Å². The van der Waals surface area contributed by atoms with Crippen molar-refractivity contribution in [3.05, 3.63) is 64.5 Å². The molecule has 0 aromatic heterocycles. The largest absolute Gasteiger partial charge is 0.479 e. The first-order valence-electron chi connectivity index (χ1n) is 6.93. The van der Waals surface area contributed by atoms with Crippen molar-refractivity contribution in [2.24, 2.45) is 0 Å². The van der Waals surface area contributed by atoms with Gasteiger partial charge in [-0.2, -0.15) is 0 Å². The van der Waals surface area contributed by atoms with E-state index >= 15 is 0 Å². The van der Waals surface area contributed by atoms with E-state index in [2.05, 4.69) is 0 Å². The Bertz CT molecular complexity index is 677. The second kappa shape index (κ2) is 6.08. The number of halogens is 1. The first kappa shape index (κ1) is 15.2. The van der Waals surface area contributed by atoms with E-state index in [9.17, 15) is 9.18 Å². The zero-order valence-electron chi connectivity index (χ0n) is 12.7. The van der Waals surface area contributed by atoms with Crippen LogP contribution in [0.15, 0.2) is 36.4 Å². The molecule has 0 aliphatic rings. The van der Waals surface area contributed by atoms with Gasteiger partial charge in [0.1, 0.15) is 0 Å². The highest BCUT2D eigenvalue weighted by Gasteiger charge is 2.20. The van der Waals surface area contributed by atoms with Crippen LogP contribution in [0, 0.1) is 26.6 Å². The Morgan fingerprint density at radius 3 is 2.38 bits per heavy atom. The summed E-state index contributed by atoms with van der Waals surface area (Å²) in [7, 11) is 0. The molecule has 0 saturated heterocycles. The van der Waals surface area contributed by atoms with Gasteiger partial charge in [-0.25, -0.2) is 4.39 Å². The third-order valence-corrected chi connectivity index (χ3v) is 3.42. The standard InChI is InChI=1S/C18H19FO2/c1-11-5-7-13(3)15(9-11)18(20)14(4)21-17-10-12(2)6-8-16(17)19/h5-10,14H,1-4H3. The van der Waals surface area contributed by atoms with Crippen LogP contribution in [0.4, 0.5) is 4.39 Å². The van der Waals surface area contributed by atoms with E-state index in [1.807, 2.05) is 39.0 Å². The minimum atomic E-state index is -0.734. The highest BCUT2D eigenvalue weighted by Crippen LogP contribution is 2.21. The fourth-order valence-electron chi connectivity index (χ4n) is 2.17. The summed E-state index contributed by atoms with van der Waals surface area (Å²) in [6, 6.07) is 10.3. The van der Waals surface area contributed by atoms with Crippen molar-refractivity contribution in [2.45, 2.75) is 33.8 Å². The number of ketones is 1. The maximum Gasteiger partial charge on any atom is 0.203 e. The van der Waals surface area contributed by atoms with Crippen molar-refractivity contribution in [3.63, 3.8) is 0 Å². The molecule has 0 amide bonds. The Morgan fingerprint density at radius 1 is 1.05 bits per heavy atom. The van der Waals surface area contributed by atoms with E-state index in [4.69, 9.17) is 4.74 Å². The summed E-state index contributed by atoms with van der Waals surface area (Å²) in [4.78, 5) is 12.5. The van der Waals surface area contributed by atoms with Gasteiger partial charge in [-0.1, -0.05) is 23.8 Å². The molecule has 0 aliphatic heterocycles. The molecule has 2 rings (SSSR count). The summed E-state index contributed by atoms with van der Waals surface area (Å²) in [5.41, 5.74) is 3.41. The first-order chi connectivity index (χ1) is 9.88. The van der Waals surface area contributed by atoms with Gasteiger partial charge in [0.25, 0.3) is 0 Å². The minimum absolute atomic E-state index is 0.112. The molecule has 0 radical (unpaired) electrons. The monoisotopic (exact) mass is 286 g/mol. The molecule has 21 heavy (non-hydrogen) atoms. The summed E-state index contributed by atoms with van der Waals surface area (Å²) >= 11 is 0. The van der Waals surface area contributed by atoms with Crippen molar-refractivity contribution in [1.29, 1.82) is 0 Å². The predicted molar refractivity (Wildman–Crippen MR) is 81.5 cm³/mol. The molecule has 0 bridgehead atoms. The lowest BCUT2D eigenvalue weighted by atomic mass is 9.99. The van der Waals surface area contributed by atoms with E-state index in [-0.39, 0.29) is 11.5 Å². The number of Topliss-reactive ketones (excluding diaryl/α,β-unsaturated/α-hetero) is 1. The molecule has 0 aliphatic carbocycles. The molecule has 0 N–H and O–H groups in total. The molecule has 1 unspecified atom stereocenters. The third kappa shape index (κ3) is 3.48. The number of ether oxygens (including phenoxy) is 1. The van der Waals surface area contributed by atoms with Gasteiger partial charge < -0.3 is 4.74 Å². The minimum Gasteiger partial charge on any atom is -0.479 e. The van der Waals surface area contributed by atoms with Gasteiger partial charge in [0.05, 0.1) is 0 Å². The lowest BCUT2D eigenvalue weighted by Crippen LogP contribution is -2.25. The Hall–Kier alpha value is -2.16. The quantitative estimate of drug-likeness (QED) is 0.779. The number of aryl methyl sites for hydroxylation is 3. The summed E-state index contributed by atoms with van der Waals surface area (Å²) < 4.78 is 19.2. The van der Waals surface area contributed by atoms with Crippen molar-refractivity contribution >= 4 is 5.78 Å². The van der Waals surface area contributed by atoms with Crippen LogP contribution in [-0.2, 0) is 0 Å². The molecule has 0 heterocycles. The first-order valence-corrected chi connectivity index (χ1v) is 6.93. The number of hydrogen-bond donors (Lipinski definition) is 0. The van der Waals surface area contributed by atoms with Crippen LogP contribution in [-0.4, -0.2) is 11.9 Å². The highest BCUT2D eigenvalue weighted by atomic mass is 19.1. The molecule has 2 aromatic carbocycles. The second-order valence-electron chi connectivity index (χ2n) is 5.38. The third-order valence-electron chi connectivity index (χ3n) is 3.42. The molecule has 0 fully saturated rings. The Morgan fingerprint density at radius 2 is 1.67 bits per heavy atom. The number of carbonyl (C=O) groups excluding carboxylic acids is 1. The molecule has 0 saturated carbocycles. The number of rotatable bonds is 4. The molecule has 3 heteroatoms. The normalized spacial score (nSPS) is 12.0. The Balaban J connectivity index is 2.23. The van der Waals surface area contributed by atoms with Crippen molar-refractivity contribution < 1.29 is 13.9 Å². The van der Waals surface area contributed by atoms with Crippen LogP contribution < -0.4 is 4.74 Å². The molecule has 1 atom stereocenters. The summed E-state index contributed by atoms with van der Waals surface area (Å²) in [5, 5.41) is 0. The van der Waals surface area contributed by atoms with E-state index in [1.54, 1.807) is 19.1 Å². The second-order valence-corrected chi connectivity index (χ2v) is 5.38. The van der Waals surface area contributed by atoms with Gasteiger partial charge in [-0.15, -0.1) is 0 Å². The van der Waals surface area contributed by atoms with Crippen LogP contribution in [0.3, 0.4) is 0 Å². The summed E-state index contributed by atoms with van der Waals surface area (Å²) in [6.45, 7) is 7.31. The Labute approximate surface area is 124 Å². The van der Waals surface area contributed by atoms with Crippen LogP contribution in [0.5, 0.6) is 5.75 Å². The van der Waals surface area contributed by atoms with E-state index < -0.39 is 11.9 Å². The zero-order chi connectivity index (χ0) is 15.6. The maximum atomic E-state index is 13.7.